The average Bonchev–Trinajstić information content (AvgIpc) is 3.89. The number of hydrogen-bond acceptors (Lipinski definition) is 6. The zero-order valence-electron chi connectivity index (χ0n) is 27.0. The molecule has 4 heterocycles. The van der Waals surface area contributed by atoms with Crippen molar-refractivity contribution in [2.45, 2.75) is 0 Å². The molecule has 11 aromatic rings. The molecule has 0 spiro atoms. The smallest absolute Gasteiger partial charge is 0.167 e. The minimum Gasteiger partial charge on any atom is -0.456 e. The zero-order valence-corrected chi connectivity index (χ0v) is 27.0. The van der Waals surface area contributed by atoms with Gasteiger partial charge in [0.25, 0.3) is 0 Å². The summed E-state index contributed by atoms with van der Waals surface area (Å²) in [6, 6.07) is 50.9. The normalized spacial score (nSPS) is 11.9. The first-order valence-corrected chi connectivity index (χ1v) is 16.9. The molecule has 0 fully saturated rings. The van der Waals surface area contributed by atoms with E-state index >= 15 is 0 Å². The molecule has 0 aliphatic rings. The van der Waals surface area contributed by atoms with Gasteiger partial charge >= 0.3 is 0 Å². The number of aromatic nitrogens is 3. The van der Waals surface area contributed by atoms with Crippen molar-refractivity contribution in [3.05, 3.63) is 152 Å². The van der Waals surface area contributed by atoms with Crippen LogP contribution in [0.3, 0.4) is 0 Å². The van der Waals surface area contributed by atoms with E-state index in [0.717, 1.165) is 88.0 Å². The maximum absolute atomic E-state index is 6.90. The third-order valence-electron chi connectivity index (χ3n) is 9.77. The Bertz CT molecular complexity index is 3150. The number of nitrogens with zero attached hydrogens (tertiary/aromatic N) is 3. The summed E-state index contributed by atoms with van der Waals surface area (Å²) in [6.07, 6.45) is 0. The van der Waals surface area contributed by atoms with Gasteiger partial charge in [0.15, 0.2) is 17.5 Å². The van der Waals surface area contributed by atoms with E-state index < -0.39 is 0 Å². The van der Waals surface area contributed by atoms with E-state index in [2.05, 4.69) is 54.6 Å². The van der Waals surface area contributed by atoms with E-state index in [4.69, 9.17) is 28.2 Å². The van der Waals surface area contributed by atoms with Gasteiger partial charge < -0.3 is 13.3 Å². The molecule has 0 radical (unpaired) electrons. The van der Waals surface area contributed by atoms with Crippen molar-refractivity contribution in [3.63, 3.8) is 0 Å². The maximum atomic E-state index is 6.90. The first-order valence-electron chi connectivity index (χ1n) is 16.9. The number of para-hydroxylation sites is 5. The van der Waals surface area contributed by atoms with Crippen molar-refractivity contribution in [2.24, 2.45) is 0 Å². The molecule has 11 rings (SSSR count). The van der Waals surface area contributed by atoms with Gasteiger partial charge in [-0.2, -0.15) is 0 Å². The van der Waals surface area contributed by atoms with Gasteiger partial charge in [0.05, 0.1) is 5.56 Å². The third kappa shape index (κ3) is 4.20. The quantitative estimate of drug-likeness (QED) is 0.188. The van der Waals surface area contributed by atoms with Crippen LogP contribution < -0.4 is 0 Å². The van der Waals surface area contributed by atoms with E-state index in [9.17, 15) is 0 Å². The summed E-state index contributed by atoms with van der Waals surface area (Å²) in [5.41, 5.74) is 9.26. The Kier molecular flexibility index (Phi) is 5.86. The van der Waals surface area contributed by atoms with Gasteiger partial charge in [0.2, 0.25) is 0 Å². The Morgan fingerprint density at radius 1 is 0.294 bits per heavy atom. The van der Waals surface area contributed by atoms with Crippen molar-refractivity contribution < 1.29 is 13.3 Å². The predicted molar refractivity (Wildman–Crippen MR) is 203 cm³/mol. The van der Waals surface area contributed by atoms with E-state index in [1.807, 2.05) is 97.1 Å². The van der Waals surface area contributed by atoms with Gasteiger partial charge in [-0.15, -0.1) is 0 Å². The van der Waals surface area contributed by atoms with Gasteiger partial charge in [-0.05, 0) is 24.3 Å². The Labute approximate surface area is 290 Å². The standard InChI is InChI=1S/C45H25N3O3/c1-2-12-26(13-3-1)43-46-44(34-21-11-25-38-39(34)33-15-5-7-24-37(33)49-38)48-45(47-43)35-22-10-20-32-31-19-9-18-30(41(31)51-42(32)35)29-17-8-16-28-27-14-4-6-23-36(27)50-40(28)29/h1-25H. The molecule has 6 nitrogen and oxygen atoms in total. The van der Waals surface area contributed by atoms with Crippen molar-refractivity contribution in [3.8, 4) is 45.3 Å². The molecule has 0 atom stereocenters. The van der Waals surface area contributed by atoms with Crippen LogP contribution in [-0.4, -0.2) is 15.0 Å². The van der Waals surface area contributed by atoms with Crippen LogP contribution in [0.25, 0.3) is 111 Å². The highest BCUT2D eigenvalue weighted by Gasteiger charge is 2.22. The molecule has 51 heavy (non-hydrogen) atoms. The van der Waals surface area contributed by atoms with Crippen LogP contribution >= 0.6 is 0 Å². The van der Waals surface area contributed by atoms with Gasteiger partial charge in [-0.1, -0.05) is 127 Å². The molecule has 0 saturated heterocycles. The van der Waals surface area contributed by atoms with E-state index in [-0.39, 0.29) is 0 Å². The molecular weight excluding hydrogens is 631 g/mol. The number of fused-ring (bicyclic) bond motifs is 9. The summed E-state index contributed by atoms with van der Waals surface area (Å²) in [4.78, 5) is 15.3. The van der Waals surface area contributed by atoms with Crippen molar-refractivity contribution in [1.82, 2.24) is 15.0 Å². The number of hydrogen-bond donors (Lipinski definition) is 0. The molecule has 7 aromatic carbocycles. The summed E-state index contributed by atoms with van der Waals surface area (Å²) in [5, 5.41) is 6.13. The van der Waals surface area contributed by atoms with Crippen LogP contribution in [0.15, 0.2) is 165 Å². The highest BCUT2D eigenvalue weighted by molar-refractivity contribution is 6.16. The molecule has 0 N–H and O–H groups in total. The Hall–Kier alpha value is -7.05. The Morgan fingerprint density at radius 2 is 0.765 bits per heavy atom. The molecule has 0 amide bonds. The number of furan rings is 3. The fraction of sp³-hybridized carbons (Fsp3) is 0. The van der Waals surface area contributed by atoms with Gasteiger partial charge in [-0.25, -0.2) is 15.0 Å². The first kappa shape index (κ1) is 27.9. The van der Waals surface area contributed by atoms with Crippen molar-refractivity contribution in [2.75, 3.05) is 0 Å². The number of rotatable bonds is 4. The topological polar surface area (TPSA) is 78.1 Å². The second kappa shape index (κ2) is 10.7. The summed E-state index contributed by atoms with van der Waals surface area (Å²) in [7, 11) is 0. The second-order valence-electron chi connectivity index (χ2n) is 12.7. The fourth-order valence-corrected chi connectivity index (χ4v) is 7.46. The lowest BCUT2D eigenvalue weighted by Gasteiger charge is -2.09. The van der Waals surface area contributed by atoms with Crippen LogP contribution in [0.5, 0.6) is 0 Å². The lowest BCUT2D eigenvalue weighted by atomic mass is 9.99. The molecule has 0 bridgehead atoms. The highest BCUT2D eigenvalue weighted by Crippen LogP contribution is 2.43. The summed E-state index contributed by atoms with van der Waals surface area (Å²) < 4.78 is 19.6. The van der Waals surface area contributed by atoms with Gasteiger partial charge in [0.1, 0.15) is 33.5 Å². The zero-order chi connectivity index (χ0) is 33.5. The van der Waals surface area contributed by atoms with Crippen LogP contribution in [-0.2, 0) is 0 Å². The van der Waals surface area contributed by atoms with Crippen LogP contribution in [0, 0.1) is 0 Å². The number of benzene rings is 7. The van der Waals surface area contributed by atoms with E-state index in [1.165, 1.54) is 0 Å². The summed E-state index contributed by atoms with van der Waals surface area (Å²) in [6.45, 7) is 0. The molecule has 0 saturated carbocycles. The maximum Gasteiger partial charge on any atom is 0.167 e. The van der Waals surface area contributed by atoms with E-state index in [0.29, 0.717) is 23.1 Å². The van der Waals surface area contributed by atoms with Crippen LogP contribution in [0.1, 0.15) is 0 Å². The summed E-state index contributed by atoms with van der Waals surface area (Å²) >= 11 is 0. The van der Waals surface area contributed by atoms with Crippen molar-refractivity contribution in [1.29, 1.82) is 0 Å². The minimum atomic E-state index is 0.522. The van der Waals surface area contributed by atoms with Gasteiger partial charge in [-0.3, -0.25) is 0 Å². The Morgan fingerprint density at radius 3 is 1.51 bits per heavy atom. The average molecular weight is 656 g/mol. The lowest BCUT2D eigenvalue weighted by Crippen LogP contribution is -2.00. The first-order chi connectivity index (χ1) is 25.3. The fourth-order valence-electron chi connectivity index (χ4n) is 7.46. The van der Waals surface area contributed by atoms with Crippen molar-refractivity contribution >= 4 is 65.8 Å². The lowest BCUT2D eigenvalue weighted by molar-refractivity contribution is 0.665. The molecule has 6 heteroatoms. The van der Waals surface area contributed by atoms with E-state index in [1.54, 1.807) is 0 Å². The minimum absolute atomic E-state index is 0.522. The SMILES string of the molecule is c1ccc(-c2nc(-c3cccc4c3oc3c(-c5cccc6c5oc5ccccc56)cccc34)nc(-c3cccc4oc5ccccc5c34)n2)cc1. The summed E-state index contributed by atoms with van der Waals surface area (Å²) in [5.74, 6) is 1.65. The molecular formula is C45H25N3O3. The molecule has 0 unspecified atom stereocenters. The Balaban J connectivity index is 1.16. The molecule has 238 valence electrons. The largest absolute Gasteiger partial charge is 0.456 e. The molecule has 0 aliphatic heterocycles. The molecule has 0 aliphatic carbocycles. The van der Waals surface area contributed by atoms with Crippen LogP contribution in [0.4, 0.5) is 0 Å². The highest BCUT2D eigenvalue weighted by atomic mass is 16.3. The third-order valence-corrected chi connectivity index (χ3v) is 9.77. The van der Waals surface area contributed by atoms with Crippen LogP contribution in [0.2, 0.25) is 0 Å². The monoisotopic (exact) mass is 655 g/mol. The molecule has 4 aromatic heterocycles. The van der Waals surface area contributed by atoms with Gasteiger partial charge in [0, 0.05) is 54.6 Å². The second-order valence-corrected chi connectivity index (χ2v) is 12.7. The predicted octanol–water partition coefficient (Wildman–Crippen LogP) is 12.2.